The smallest absolute Gasteiger partial charge is 0.332 e. The molecule has 0 bridgehead atoms. The van der Waals surface area contributed by atoms with Crippen LogP contribution < -0.4 is 11.2 Å². The number of aryl methyl sites for hydroxylation is 1. The van der Waals surface area contributed by atoms with Gasteiger partial charge in [-0.15, -0.1) is 0 Å². The van der Waals surface area contributed by atoms with Crippen molar-refractivity contribution in [3.05, 3.63) is 27.2 Å². The Bertz CT molecular complexity index is 667. The lowest BCUT2D eigenvalue weighted by atomic mass is 10.1. The van der Waals surface area contributed by atoms with Gasteiger partial charge in [0, 0.05) is 19.7 Å². The molecule has 1 atom stereocenters. The number of rotatable bonds is 4. The summed E-state index contributed by atoms with van der Waals surface area (Å²) in [6.07, 6.45) is 2.38. The molecule has 1 unspecified atom stereocenters. The van der Waals surface area contributed by atoms with E-state index < -0.39 is 5.69 Å². The Morgan fingerprint density at radius 2 is 2.22 bits per heavy atom. The summed E-state index contributed by atoms with van der Waals surface area (Å²) in [6.45, 7) is 1.82. The summed E-state index contributed by atoms with van der Waals surface area (Å²) in [6, 6.07) is -0.297. The van der Waals surface area contributed by atoms with Gasteiger partial charge in [0.2, 0.25) is 0 Å². The van der Waals surface area contributed by atoms with Crippen molar-refractivity contribution in [1.29, 1.82) is 0 Å². The monoisotopic (exact) mass is 252 g/mol. The second-order valence-electron chi connectivity index (χ2n) is 4.19. The van der Waals surface area contributed by atoms with Crippen molar-refractivity contribution in [1.82, 2.24) is 19.1 Å². The number of aromatic amines is 1. The average Bonchev–Trinajstić information content (AvgIpc) is 2.84. The largest absolute Gasteiger partial charge is 0.396 e. The van der Waals surface area contributed by atoms with Crippen LogP contribution in [0.1, 0.15) is 25.8 Å². The topological polar surface area (TPSA) is 92.9 Å². The van der Waals surface area contributed by atoms with Gasteiger partial charge in [0.15, 0.2) is 5.65 Å². The van der Waals surface area contributed by atoms with Gasteiger partial charge >= 0.3 is 5.69 Å². The zero-order valence-electron chi connectivity index (χ0n) is 10.4. The van der Waals surface area contributed by atoms with Crippen molar-refractivity contribution < 1.29 is 5.11 Å². The van der Waals surface area contributed by atoms with E-state index in [1.165, 1.54) is 15.5 Å². The standard InChI is InChI=1S/C11H16N4O3/c1-3-7(4-5-16)15-10(17)8-9(13-6-12-8)14(2)11(15)18/h6-7,16H,3-5H2,1-2H3,(H,12,13). The van der Waals surface area contributed by atoms with E-state index in [-0.39, 0.29) is 18.2 Å². The van der Waals surface area contributed by atoms with Gasteiger partial charge in [-0.3, -0.25) is 13.9 Å². The number of aromatic nitrogens is 4. The van der Waals surface area contributed by atoms with Gasteiger partial charge in [-0.1, -0.05) is 6.92 Å². The van der Waals surface area contributed by atoms with Crippen molar-refractivity contribution in [3.8, 4) is 0 Å². The fourth-order valence-corrected chi connectivity index (χ4v) is 2.15. The molecule has 18 heavy (non-hydrogen) atoms. The molecule has 0 aromatic carbocycles. The minimum atomic E-state index is -0.403. The van der Waals surface area contributed by atoms with Crippen molar-refractivity contribution >= 4 is 11.2 Å². The number of H-pyrrole nitrogens is 1. The van der Waals surface area contributed by atoms with Crippen LogP contribution in [0.15, 0.2) is 15.9 Å². The molecule has 0 saturated heterocycles. The maximum absolute atomic E-state index is 12.2. The van der Waals surface area contributed by atoms with E-state index in [2.05, 4.69) is 9.97 Å². The van der Waals surface area contributed by atoms with Gasteiger partial charge in [0.05, 0.1) is 6.33 Å². The highest BCUT2D eigenvalue weighted by molar-refractivity contribution is 5.68. The predicted molar refractivity (Wildman–Crippen MR) is 66.6 cm³/mol. The third kappa shape index (κ3) is 1.76. The molecule has 98 valence electrons. The number of aliphatic hydroxyl groups excluding tert-OH is 1. The molecular formula is C11H16N4O3. The van der Waals surface area contributed by atoms with Crippen LogP contribution >= 0.6 is 0 Å². The lowest BCUT2D eigenvalue weighted by Crippen LogP contribution is -2.41. The molecule has 0 saturated carbocycles. The normalized spacial score (nSPS) is 13.1. The SMILES string of the molecule is CCC(CCO)n1c(=O)c2[nH]cnc2n(C)c1=O. The molecule has 0 aliphatic carbocycles. The molecule has 0 spiro atoms. The highest BCUT2D eigenvalue weighted by atomic mass is 16.3. The van der Waals surface area contributed by atoms with Crippen LogP contribution in [0.3, 0.4) is 0 Å². The van der Waals surface area contributed by atoms with Gasteiger partial charge in [-0.25, -0.2) is 9.78 Å². The minimum Gasteiger partial charge on any atom is -0.396 e. The molecule has 0 aliphatic heterocycles. The molecule has 0 radical (unpaired) electrons. The van der Waals surface area contributed by atoms with Gasteiger partial charge in [-0.2, -0.15) is 0 Å². The molecule has 2 aromatic heterocycles. The van der Waals surface area contributed by atoms with E-state index in [0.717, 1.165) is 0 Å². The van der Waals surface area contributed by atoms with Gasteiger partial charge < -0.3 is 10.1 Å². The Labute approximate surface area is 103 Å². The number of aliphatic hydroxyl groups is 1. The molecule has 2 aromatic rings. The molecule has 0 fully saturated rings. The van der Waals surface area contributed by atoms with Crippen molar-refractivity contribution in [2.45, 2.75) is 25.8 Å². The lowest BCUT2D eigenvalue weighted by Gasteiger charge is -2.17. The Morgan fingerprint density at radius 1 is 1.50 bits per heavy atom. The Balaban J connectivity index is 2.77. The Morgan fingerprint density at radius 3 is 2.83 bits per heavy atom. The zero-order chi connectivity index (χ0) is 13.3. The molecule has 7 heteroatoms. The first-order chi connectivity index (χ1) is 8.61. The summed E-state index contributed by atoms with van der Waals surface area (Å²) < 4.78 is 2.53. The van der Waals surface area contributed by atoms with Crippen LogP contribution in [0.25, 0.3) is 11.2 Å². The van der Waals surface area contributed by atoms with E-state index >= 15 is 0 Å². The van der Waals surface area contributed by atoms with E-state index in [1.807, 2.05) is 6.92 Å². The molecule has 2 N–H and O–H groups in total. The molecule has 0 amide bonds. The number of fused-ring (bicyclic) bond motifs is 1. The predicted octanol–water partition coefficient (Wildman–Crippen LogP) is -0.243. The molecule has 2 heterocycles. The molecule has 2 rings (SSSR count). The molecule has 7 nitrogen and oxygen atoms in total. The van der Waals surface area contributed by atoms with Gasteiger partial charge in [-0.05, 0) is 12.8 Å². The second kappa shape index (κ2) is 4.77. The highest BCUT2D eigenvalue weighted by Crippen LogP contribution is 2.12. The van der Waals surface area contributed by atoms with E-state index in [1.54, 1.807) is 7.05 Å². The van der Waals surface area contributed by atoms with Gasteiger partial charge in [0.25, 0.3) is 5.56 Å². The number of nitrogens with one attached hydrogen (secondary N) is 1. The first-order valence-electron chi connectivity index (χ1n) is 5.87. The summed E-state index contributed by atoms with van der Waals surface area (Å²) in [5, 5.41) is 9.01. The van der Waals surface area contributed by atoms with Crippen molar-refractivity contribution in [3.63, 3.8) is 0 Å². The van der Waals surface area contributed by atoms with E-state index in [0.29, 0.717) is 24.0 Å². The summed E-state index contributed by atoms with van der Waals surface area (Å²) in [7, 11) is 1.58. The average molecular weight is 252 g/mol. The van der Waals surface area contributed by atoms with Crippen LogP contribution in [-0.4, -0.2) is 30.8 Å². The number of hydrogen-bond acceptors (Lipinski definition) is 4. The van der Waals surface area contributed by atoms with Crippen LogP contribution in [0, 0.1) is 0 Å². The molecular weight excluding hydrogens is 236 g/mol. The second-order valence-corrected chi connectivity index (χ2v) is 4.19. The first-order valence-corrected chi connectivity index (χ1v) is 5.87. The van der Waals surface area contributed by atoms with Crippen LogP contribution in [0.4, 0.5) is 0 Å². The Hall–Kier alpha value is -1.89. The maximum atomic E-state index is 12.2. The maximum Gasteiger partial charge on any atom is 0.332 e. The Kier molecular flexibility index (Phi) is 3.33. The van der Waals surface area contributed by atoms with Gasteiger partial charge in [0.1, 0.15) is 5.52 Å². The third-order valence-corrected chi connectivity index (χ3v) is 3.16. The van der Waals surface area contributed by atoms with Crippen LogP contribution in [-0.2, 0) is 7.05 Å². The number of imidazole rings is 1. The van der Waals surface area contributed by atoms with E-state index in [9.17, 15) is 9.59 Å². The third-order valence-electron chi connectivity index (χ3n) is 3.16. The summed E-state index contributed by atoms with van der Waals surface area (Å²) in [4.78, 5) is 31.1. The fourth-order valence-electron chi connectivity index (χ4n) is 2.15. The lowest BCUT2D eigenvalue weighted by molar-refractivity contribution is 0.250. The summed E-state index contributed by atoms with van der Waals surface area (Å²) in [5.74, 6) is 0. The van der Waals surface area contributed by atoms with Crippen molar-refractivity contribution in [2.24, 2.45) is 7.05 Å². The fraction of sp³-hybridized carbons (Fsp3) is 0.545. The number of nitrogens with zero attached hydrogens (tertiary/aromatic N) is 3. The summed E-state index contributed by atoms with van der Waals surface area (Å²) in [5.41, 5.74) is -0.126. The minimum absolute atomic E-state index is 0.0604. The number of hydrogen-bond donors (Lipinski definition) is 2. The quantitative estimate of drug-likeness (QED) is 0.785. The van der Waals surface area contributed by atoms with Crippen molar-refractivity contribution in [2.75, 3.05) is 6.61 Å². The zero-order valence-corrected chi connectivity index (χ0v) is 10.4. The molecule has 0 aliphatic rings. The van der Waals surface area contributed by atoms with E-state index in [4.69, 9.17) is 5.11 Å². The summed E-state index contributed by atoms with van der Waals surface area (Å²) >= 11 is 0. The van der Waals surface area contributed by atoms with Crippen LogP contribution in [0.2, 0.25) is 0 Å². The highest BCUT2D eigenvalue weighted by Gasteiger charge is 2.18. The van der Waals surface area contributed by atoms with Crippen LogP contribution in [0.5, 0.6) is 0 Å². The first kappa shape index (κ1) is 12.6.